The van der Waals surface area contributed by atoms with Crippen molar-refractivity contribution in [3.05, 3.63) is 29.8 Å². The number of methoxy groups -OCH3 is 1. The van der Waals surface area contributed by atoms with Gasteiger partial charge in [-0.15, -0.1) is 0 Å². The van der Waals surface area contributed by atoms with Crippen molar-refractivity contribution in [3.63, 3.8) is 0 Å². The molecule has 3 unspecified atom stereocenters. The second-order valence-corrected chi connectivity index (χ2v) is 6.08. The molecule has 3 rings (SSSR count). The fourth-order valence-electron chi connectivity index (χ4n) is 3.27. The molecule has 0 radical (unpaired) electrons. The molecular weight excluding hydrogens is 296 g/mol. The summed E-state index contributed by atoms with van der Waals surface area (Å²) in [7, 11) is 1.43. The van der Waals surface area contributed by atoms with Crippen LogP contribution in [-0.2, 0) is 19.0 Å². The quantitative estimate of drug-likeness (QED) is 0.799. The maximum Gasteiger partial charge on any atom is 0.311 e. The van der Waals surface area contributed by atoms with Crippen LogP contribution < -0.4 is 4.74 Å². The van der Waals surface area contributed by atoms with E-state index in [4.69, 9.17) is 18.9 Å². The maximum absolute atomic E-state index is 11.9. The topological polar surface area (TPSA) is 54.0 Å². The van der Waals surface area contributed by atoms with Crippen LogP contribution in [0.4, 0.5) is 0 Å². The van der Waals surface area contributed by atoms with Crippen LogP contribution in [0.25, 0.3) is 0 Å². The molecule has 3 atom stereocenters. The van der Waals surface area contributed by atoms with E-state index >= 15 is 0 Å². The SMILES string of the molecule is COC(=O)C1COCCC1c1ccc(OC2CCCCO2)cc1. The molecule has 5 heteroatoms. The third kappa shape index (κ3) is 4.03. The Hall–Kier alpha value is -1.59. The molecule has 0 bridgehead atoms. The lowest BCUT2D eigenvalue weighted by Crippen LogP contribution is -2.33. The van der Waals surface area contributed by atoms with Crippen molar-refractivity contribution in [1.82, 2.24) is 0 Å². The van der Waals surface area contributed by atoms with Crippen LogP contribution in [0, 0.1) is 5.92 Å². The number of benzene rings is 1. The molecule has 0 N–H and O–H groups in total. The summed E-state index contributed by atoms with van der Waals surface area (Å²) in [4.78, 5) is 11.9. The molecule has 1 aromatic carbocycles. The largest absolute Gasteiger partial charge is 0.469 e. The van der Waals surface area contributed by atoms with Gasteiger partial charge in [-0.2, -0.15) is 0 Å². The number of hydrogen-bond acceptors (Lipinski definition) is 5. The highest BCUT2D eigenvalue weighted by Crippen LogP contribution is 2.34. The van der Waals surface area contributed by atoms with Gasteiger partial charge in [0.05, 0.1) is 26.2 Å². The molecule has 0 saturated carbocycles. The first-order chi connectivity index (χ1) is 11.3. The summed E-state index contributed by atoms with van der Waals surface area (Å²) in [5.74, 6) is 0.506. The summed E-state index contributed by atoms with van der Waals surface area (Å²) in [5.41, 5.74) is 1.13. The molecule has 0 spiro atoms. The van der Waals surface area contributed by atoms with E-state index in [1.165, 1.54) is 7.11 Å². The number of hydrogen-bond donors (Lipinski definition) is 0. The Bertz CT molecular complexity index is 507. The zero-order valence-electron chi connectivity index (χ0n) is 13.5. The van der Waals surface area contributed by atoms with Gasteiger partial charge in [0.2, 0.25) is 0 Å². The third-order valence-electron chi connectivity index (χ3n) is 4.57. The lowest BCUT2D eigenvalue weighted by molar-refractivity contribution is -0.150. The normalized spacial score (nSPS) is 28.1. The van der Waals surface area contributed by atoms with Gasteiger partial charge in [0.25, 0.3) is 0 Å². The van der Waals surface area contributed by atoms with E-state index in [9.17, 15) is 4.79 Å². The van der Waals surface area contributed by atoms with Crippen molar-refractivity contribution in [2.45, 2.75) is 37.9 Å². The van der Waals surface area contributed by atoms with Crippen molar-refractivity contribution >= 4 is 5.97 Å². The van der Waals surface area contributed by atoms with E-state index in [2.05, 4.69) is 0 Å². The van der Waals surface area contributed by atoms with Crippen molar-refractivity contribution in [3.8, 4) is 5.75 Å². The van der Waals surface area contributed by atoms with E-state index < -0.39 is 0 Å². The van der Waals surface area contributed by atoms with E-state index in [1.54, 1.807) is 0 Å². The second-order valence-electron chi connectivity index (χ2n) is 6.08. The van der Waals surface area contributed by atoms with Crippen LogP contribution in [0.15, 0.2) is 24.3 Å². The molecule has 2 saturated heterocycles. The summed E-state index contributed by atoms with van der Waals surface area (Å²) >= 11 is 0. The van der Waals surface area contributed by atoms with Gasteiger partial charge in [0.15, 0.2) is 6.29 Å². The molecule has 2 heterocycles. The second kappa shape index (κ2) is 7.79. The first-order valence-corrected chi connectivity index (χ1v) is 8.31. The van der Waals surface area contributed by atoms with Gasteiger partial charge in [0, 0.05) is 18.9 Å². The number of esters is 1. The molecule has 0 aliphatic carbocycles. The summed E-state index contributed by atoms with van der Waals surface area (Å²) in [5, 5.41) is 0. The summed E-state index contributed by atoms with van der Waals surface area (Å²) in [6.45, 7) is 1.86. The van der Waals surface area contributed by atoms with Crippen molar-refractivity contribution < 1.29 is 23.7 Å². The molecule has 1 aromatic rings. The van der Waals surface area contributed by atoms with Crippen LogP contribution in [0.1, 0.15) is 37.2 Å². The van der Waals surface area contributed by atoms with Gasteiger partial charge in [-0.3, -0.25) is 4.79 Å². The maximum atomic E-state index is 11.9. The minimum Gasteiger partial charge on any atom is -0.469 e. The van der Waals surface area contributed by atoms with Crippen LogP contribution >= 0.6 is 0 Å². The number of carbonyl (C=O) groups excluding carboxylic acids is 1. The highest BCUT2D eigenvalue weighted by Gasteiger charge is 2.33. The molecule has 23 heavy (non-hydrogen) atoms. The molecule has 5 nitrogen and oxygen atoms in total. The van der Waals surface area contributed by atoms with Gasteiger partial charge in [0.1, 0.15) is 5.75 Å². The number of rotatable bonds is 4. The Morgan fingerprint density at radius 1 is 1.13 bits per heavy atom. The molecule has 0 aromatic heterocycles. The highest BCUT2D eigenvalue weighted by molar-refractivity contribution is 5.74. The lowest BCUT2D eigenvalue weighted by Gasteiger charge is -2.30. The Kier molecular flexibility index (Phi) is 5.51. The Morgan fingerprint density at radius 2 is 1.96 bits per heavy atom. The zero-order chi connectivity index (χ0) is 16.1. The molecule has 2 aliphatic heterocycles. The fourth-order valence-corrected chi connectivity index (χ4v) is 3.27. The minimum absolute atomic E-state index is 0.135. The average molecular weight is 320 g/mol. The third-order valence-corrected chi connectivity index (χ3v) is 4.57. The Balaban J connectivity index is 1.66. The smallest absolute Gasteiger partial charge is 0.311 e. The van der Waals surface area contributed by atoms with Gasteiger partial charge in [-0.25, -0.2) is 0 Å². The van der Waals surface area contributed by atoms with Crippen molar-refractivity contribution in [1.29, 1.82) is 0 Å². The van der Waals surface area contributed by atoms with Crippen LogP contribution in [0.3, 0.4) is 0 Å². The number of carbonyl (C=O) groups is 1. The van der Waals surface area contributed by atoms with Gasteiger partial charge in [-0.05, 0) is 37.0 Å². The first kappa shape index (κ1) is 16.3. The average Bonchev–Trinajstić information content (AvgIpc) is 2.62. The van der Waals surface area contributed by atoms with E-state index in [1.807, 2.05) is 24.3 Å². The lowest BCUT2D eigenvalue weighted by atomic mass is 9.82. The molecule has 0 amide bonds. The minimum atomic E-state index is -0.234. The monoisotopic (exact) mass is 320 g/mol. The Morgan fingerprint density at radius 3 is 2.65 bits per heavy atom. The molecule has 126 valence electrons. The first-order valence-electron chi connectivity index (χ1n) is 8.31. The predicted octanol–water partition coefficient (Wildman–Crippen LogP) is 2.89. The van der Waals surface area contributed by atoms with Gasteiger partial charge < -0.3 is 18.9 Å². The summed E-state index contributed by atoms with van der Waals surface area (Å²) < 4.78 is 21.8. The van der Waals surface area contributed by atoms with Gasteiger partial charge in [-0.1, -0.05) is 12.1 Å². The predicted molar refractivity (Wildman–Crippen MR) is 84.3 cm³/mol. The summed E-state index contributed by atoms with van der Waals surface area (Å²) in [6, 6.07) is 7.97. The van der Waals surface area contributed by atoms with Crippen molar-refractivity contribution in [2.24, 2.45) is 5.92 Å². The molecule has 2 fully saturated rings. The molecule has 2 aliphatic rings. The van der Waals surface area contributed by atoms with E-state index in [0.29, 0.717) is 13.2 Å². The van der Waals surface area contributed by atoms with Crippen LogP contribution in [-0.4, -0.2) is 39.2 Å². The molecular formula is C18H24O5. The fraction of sp³-hybridized carbons (Fsp3) is 0.611. The van der Waals surface area contributed by atoms with Crippen LogP contribution in [0.2, 0.25) is 0 Å². The van der Waals surface area contributed by atoms with Gasteiger partial charge >= 0.3 is 5.97 Å². The van der Waals surface area contributed by atoms with E-state index in [-0.39, 0.29) is 24.1 Å². The Labute approximate surface area is 136 Å². The van der Waals surface area contributed by atoms with E-state index in [0.717, 1.165) is 43.6 Å². The zero-order valence-corrected chi connectivity index (χ0v) is 13.5. The number of ether oxygens (including phenoxy) is 4. The standard InChI is InChI=1S/C18H24O5/c1-20-18(19)16-12-21-11-9-15(16)13-5-7-14(8-6-13)23-17-4-2-3-10-22-17/h5-8,15-17H,2-4,9-12H2,1H3. The highest BCUT2D eigenvalue weighted by atomic mass is 16.7. The van der Waals surface area contributed by atoms with Crippen LogP contribution in [0.5, 0.6) is 5.75 Å². The summed E-state index contributed by atoms with van der Waals surface area (Å²) in [6.07, 6.45) is 3.88. The van der Waals surface area contributed by atoms with Crippen molar-refractivity contribution in [2.75, 3.05) is 26.9 Å².